The van der Waals surface area contributed by atoms with Crippen LogP contribution in [0.15, 0.2) is 12.1 Å². The minimum Gasteiger partial charge on any atom is -0.493 e. The van der Waals surface area contributed by atoms with Crippen LogP contribution in [0.1, 0.15) is 42.4 Å². The summed E-state index contributed by atoms with van der Waals surface area (Å²) in [5.41, 5.74) is 3.75. The van der Waals surface area contributed by atoms with Crippen LogP contribution in [0.5, 0.6) is 5.75 Å². The first-order valence-corrected chi connectivity index (χ1v) is 6.47. The van der Waals surface area contributed by atoms with Gasteiger partial charge in [-0.3, -0.25) is 0 Å². The third-order valence-electron chi connectivity index (χ3n) is 3.17. The molecule has 17 heavy (non-hydrogen) atoms. The molecule has 0 bridgehead atoms. The molecule has 96 valence electrons. The van der Waals surface area contributed by atoms with Crippen LogP contribution < -0.4 is 4.74 Å². The highest BCUT2D eigenvalue weighted by Gasteiger charge is 2.05. The molecule has 0 saturated carbocycles. The molecule has 0 aliphatic carbocycles. The number of hydrogen-bond donors (Lipinski definition) is 1. The van der Waals surface area contributed by atoms with Gasteiger partial charge in [0, 0.05) is 6.61 Å². The fourth-order valence-electron chi connectivity index (χ4n) is 1.89. The van der Waals surface area contributed by atoms with E-state index in [1.165, 1.54) is 16.7 Å². The minimum absolute atomic E-state index is 0.303. The van der Waals surface area contributed by atoms with Gasteiger partial charge in [-0.15, -0.1) is 0 Å². The number of rotatable bonds is 7. The summed E-state index contributed by atoms with van der Waals surface area (Å²) in [5.74, 6) is 1.05. The van der Waals surface area contributed by atoms with Gasteiger partial charge >= 0.3 is 0 Å². The van der Waals surface area contributed by atoms with E-state index < -0.39 is 0 Å². The summed E-state index contributed by atoms with van der Waals surface area (Å²) in [6, 6.07) is 4.25. The Morgan fingerprint density at radius 2 is 1.59 bits per heavy atom. The smallest absolute Gasteiger partial charge is 0.125 e. The molecule has 0 fully saturated rings. The second-order valence-electron chi connectivity index (χ2n) is 4.64. The van der Waals surface area contributed by atoms with E-state index in [0.29, 0.717) is 6.61 Å². The molecule has 0 aliphatic rings. The third kappa shape index (κ3) is 4.39. The Hall–Kier alpha value is -1.02. The van der Waals surface area contributed by atoms with Crippen molar-refractivity contribution in [3.63, 3.8) is 0 Å². The summed E-state index contributed by atoms with van der Waals surface area (Å²) < 4.78 is 5.87. The van der Waals surface area contributed by atoms with Crippen molar-refractivity contribution in [2.75, 3.05) is 13.2 Å². The average Bonchev–Trinajstić information content (AvgIpc) is 2.32. The lowest BCUT2D eigenvalue weighted by Crippen LogP contribution is -2.01. The molecule has 2 nitrogen and oxygen atoms in total. The first-order valence-electron chi connectivity index (χ1n) is 6.47. The van der Waals surface area contributed by atoms with Gasteiger partial charge in [0.2, 0.25) is 0 Å². The highest BCUT2D eigenvalue weighted by molar-refractivity contribution is 5.44. The lowest BCUT2D eigenvalue weighted by molar-refractivity contribution is 0.272. The highest BCUT2D eigenvalue weighted by atomic mass is 16.5. The molecule has 1 aromatic rings. The second kappa shape index (κ2) is 7.33. The number of benzene rings is 1. The SMILES string of the molecule is Cc1ccc(C)c(OCCCCCCO)c1C. The van der Waals surface area contributed by atoms with E-state index in [9.17, 15) is 0 Å². The molecule has 1 aromatic carbocycles. The van der Waals surface area contributed by atoms with Gasteiger partial charge in [-0.05, 0) is 56.7 Å². The first-order chi connectivity index (χ1) is 8.16. The number of hydrogen-bond acceptors (Lipinski definition) is 2. The summed E-state index contributed by atoms with van der Waals surface area (Å²) in [5, 5.41) is 8.67. The Labute approximate surface area is 105 Å². The molecule has 0 aromatic heterocycles. The predicted octanol–water partition coefficient (Wildman–Crippen LogP) is 3.54. The van der Waals surface area contributed by atoms with E-state index in [2.05, 4.69) is 32.9 Å². The quantitative estimate of drug-likeness (QED) is 0.734. The minimum atomic E-state index is 0.303. The van der Waals surface area contributed by atoms with Crippen LogP contribution in [-0.4, -0.2) is 18.3 Å². The van der Waals surface area contributed by atoms with Crippen molar-refractivity contribution in [1.29, 1.82) is 0 Å². The first kappa shape index (κ1) is 14.0. The Bertz CT molecular complexity index is 345. The van der Waals surface area contributed by atoms with Crippen LogP contribution >= 0.6 is 0 Å². The molecular formula is C15H24O2. The Morgan fingerprint density at radius 1 is 0.941 bits per heavy atom. The lowest BCUT2D eigenvalue weighted by Gasteiger charge is -2.13. The summed E-state index contributed by atoms with van der Waals surface area (Å²) in [7, 11) is 0. The Kier molecular flexibility index (Phi) is 6.06. The number of ether oxygens (including phenoxy) is 1. The summed E-state index contributed by atoms with van der Waals surface area (Å²) in [6.07, 6.45) is 4.19. The number of aryl methyl sites for hydroxylation is 2. The van der Waals surface area contributed by atoms with Gasteiger partial charge in [0.05, 0.1) is 6.61 Å². The fraction of sp³-hybridized carbons (Fsp3) is 0.600. The Balaban J connectivity index is 2.39. The van der Waals surface area contributed by atoms with Gasteiger partial charge in [0.15, 0.2) is 0 Å². The molecule has 0 spiro atoms. The molecule has 0 amide bonds. The van der Waals surface area contributed by atoms with Crippen LogP contribution in [0.2, 0.25) is 0 Å². The maximum absolute atomic E-state index is 8.67. The summed E-state index contributed by atoms with van der Waals surface area (Å²) in [6.45, 7) is 7.40. The molecule has 1 N–H and O–H groups in total. The summed E-state index contributed by atoms with van der Waals surface area (Å²) >= 11 is 0. The maximum Gasteiger partial charge on any atom is 0.125 e. The number of aliphatic hydroxyl groups excluding tert-OH is 1. The van der Waals surface area contributed by atoms with E-state index in [0.717, 1.165) is 38.0 Å². The van der Waals surface area contributed by atoms with Crippen LogP contribution in [0, 0.1) is 20.8 Å². The highest BCUT2D eigenvalue weighted by Crippen LogP contribution is 2.25. The van der Waals surface area contributed by atoms with Crippen LogP contribution in [0.4, 0.5) is 0 Å². The average molecular weight is 236 g/mol. The van der Waals surface area contributed by atoms with Crippen molar-refractivity contribution in [3.05, 3.63) is 28.8 Å². The zero-order valence-electron chi connectivity index (χ0n) is 11.3. The third-order valence-corrected chi connectivity index (χ3v) is 3.17. The molecule has 0 unspecified atom stereocenters. The second-order valence-corrected chi connectivity index (χ2v) is 4.64. The number of unbranched alkanes of at least 4 members (excludes halogenated alkanes) is 3. The zero-order valence-corrected chi connectivity index (χ0v) is 11.3. The normalized spacial score (nSPS) is 10.6. The predicted molar refractivity (Wildman–Crippen MR) is 71.7 cm³/mol. The molecule has 0 saturated heterocycles. The zero-order chi connectivity index (χ0) is 12.7. The van der Waals surface area contributed by atoms with Crippen molar-refractivity contribution in [3.8, 4) is 5.75 Å². The molecule has 0 heterocycles. The lowest BCUT2D eigenvalue weighted by atomic mass is 10.1. The summed E-state index contributed by atoms with van der Waals surface area (Å²) in [4.78, 5) is 0. The van der Waals surface area contributed by atoms with Gasteiger partial charge in [-0.25, -0.2) is 0 Å². The standard InChI is InChI=1S/C15H24O2/c1-12-8-9-13(2)15(14(12)3)17-11-7-5-4-6-10-16/h8-9,16H,4-7,10-11H2,1-3H3. The molecule has 0 atom stereocenters. The van der Waals surface area contributed by atoms with Crippen molar-refractivity contribution in [1.82, 2.24) is 0 Å². The van der Waals surface area contributed by atoms with E-state index in [4.69, 9.17) is 9.84 Å². The van der Waals surface area contributed by atoms with Crippen LogP contribution in [0.3, 0.4) is 0 Å². The Morgan fingerprint density at radius 3 is 2.29 bits per heavy atom. The van der Waals surface area contributed by atoms with E-state index in [1.54, 1.807) is 0 Å². The molecule has 0 radical (unpaired) electrons. The fourth-order valence-corrected chi connectivity index (χ4v) is 1.89. The largest absolute Gasteiger partial charge is 0.493 e. The maximum atomic E-state index is 8.67. The van der Waals surface area contributed by atoms with Crippen molar-refractivity contribution < 1.29 is 9.84 Å². The van der Waals surface area contributed by atoms with Crippen molar-refractivity contribution >= 4 is 0 Å². The van der Waals surface area contributed by atoms with Gasteiger partial charge in [-0.1, -0.05) is 18.6 Å². The van der Waals surface area contributed by atoms with Crippen LogP contribution in [-0.2, 0) is 0 Å². The number of aliphatic hydroxyl groups is 1. The molecule has 1 rings (SSSR count). The molecule has 0 aliphatic heterocycles. The van der Waals surface area contributed by atoms with Crippen molar-refractivity contribution in [2.24, 2.45) is 0 Å². The van der Waals surface area contributed by atoms with E-state index in [1.807, 2.05) is 0 Å². The van der Waals surface area contributed by atoms with Gasteiger partial charge in [0.1, 0.15) is 5.75 Å². The van der Waals surface area contributed by atoms with Gasteiger partial charge in [-0.2, -0.15) is 0 Å². The van der Waals surface area contributed by atoms with Gasteiger partial charge in [0.25, 0.3) is 0 Å². The monoisotopic (exact) mass is 236 g/mol. The van der Waals surface area contributed by atoms with Gasteiger partial charge < -0.3 is 9.84 Å². The molecular weight excluding hydrogens is 212 g/mol. The topological polar surface area (TPSA) is 29.5 Å². The molecule has 2 heteroatoms. The van der Waals surface area contributed by atoms with Crippen molar-refractivity contribution in [2.45, 2.75) is 46.5 Å². The van der Waals surface area contributed by atoms with E-state index >= 15 is 0 Å². The van der Waals surface area contributed by atoms with E-state index in [-0.39, 0.29) is 0 Å². The van der Waals surface area contributed by atoms with Crippen LogP contribution in [0.25, 0.3) is 0 Å².